The summed E-state index contributed by atoms with van der Waals surface area (Å²) in [6.07, 6.45) is 0.995. The van der Waals surface area contributed by atoms with E-state index in [1.807, 2.05) is 29.8 Å². The van der Waals surface area contributed by atoms with Gasteiger partial charge in [-0.3, -0.25) is 9.80 Å². The fourth-order valence-electron chi connectivity index (χ4n) is 3.90. The maximum atomic E-state index is 11.3. The number of fused-ring (bicyclic) bond motifs is 1. The summed E-state index contributed by atoms with van der Waals surface area (Å²) in [7, 11) is 0. The number of amides is 1. The number of nitrogens with zero attached hydrogens (tertiary/aromatic N) is 4. The minimum absolute atomic E-state index is 0.216. The molecule has 0 spiro atoms. The Labute approximate surface area is 179 Å². The predicted molar refractivity (Wildman–Crippen MR) is 118 cm³/mol. The lowest BCUT2D eigenvalue weighted by molar-refractivity contribution is 0.108. The number of ether oxygens (including phenoxy) is 1. The van der Waals surface area contributed by atoms with Gasteiger partial charge in [0.2, 0.25) is 0 Å². The molecule has 1 aliphatic heterocycles. The number of nitrogens with two attached hydrogens (primary N) is 1. The van der Waals surface area contributed by atoms with Crippen LogP contribution in [-0.2, 0) is 13.1 Å². The number of thiazole rings is 1. The van der Waals surface area contributed by atoms with E-state index >= 15 is 0 Å². The summed E-state index contributed by atoms with van der Waals surface area (Å²) in [6, 6.07) is 6.10. The van der Waals surface area contributed by atoms with Gasteiger partial charge in [0, 0.05) is 68.3 Å². The first-order valence-electron chi connectivity index (χ1n) is 10.2. The number of hydrogen-bond acceptors (Lipinski definition) is 7. The van der Waals surface area contributed by atoms with E-state index in [0.717, 1.165) is 73.0 Å². The van der Waals surface area contributed by atoms with Crippen LogP contribution in [0, 0.1) is 0 Å². The molecule has 2 aromatic heterocycles. The summed E-state index contributed by atoms with van der Waals surface area (Å²) in [6.45, 7) is 8.52. The second kappa shape index (κ2) is 9.13. The lowest BCUT2D eigenvalue weighted by Crippen LogP contribution is -2.46. The van der Waals surface area contributed by atoms with Crippen LogP contribution >= 0.6 is 11.3 Å². The molecule has 0 aliphatic carbocycles. The zero-order chi connectivity index (χ0) is 21.1. The predicted octanol–water partition coefficient (Wildman–Crippen LogP) is 2.35. The van der Waals surface area contributed by atoms with E-state index in [2.05, 4.69) is 21.2 Å². The highest BCUT2D eigenvalue weighted by molar-refractivity contribution is 7.13. The molecule has 1 fully saturated rings. The topological polar surface area (TPSA) is 96.8 Å². The van der Waals surface area contributed by atoms with Gasteiger partial charge in [-0.05, 0) is 25.1 Å². The van der Waals surface area contributed by atoms with Crippen molar-refractivity contribution in [1.82, 2.24) is 19.4 Å². The number of benzene rings is 1. The molecule has 1 aliphatic rings. The fourth-order valence-corrected chi connectivity index (χ4v) is 4.71. The molecule has 9 heteroatoms. The first-order chi connectivity index (χ1) is 14.6. The van der Waals surface area contributed by atoms with Crippen LogP contribution in [0.25, 0.3) is 21.5 Å². The number of aliphatic hydroxyl groups excluding tert-OH is 1. The standard InChI is InChI=1S/C21H27N5O3S/c1-2-26-13-19(29-21(22)28)17-11-15(3-4-18(17)26)20-23-16(14-30-20)12-25-7-5-24(6-8-25)9-10-27/h3-4,11,13-14,27H,2,5-10,12H2,1H3,(H2,22,28). The Hall–Kier alpha value is -2.46. The maximum absolute atomic E-state index is 11.3. The fraction of sp³-hybridized carbons (Fsp3) is 0.429. The van der Waals surface area contributed by atoms with Gasteiger partial charge in [-0.2, -0.15) is 0 Å². The molecule has 1 amide bonds. The van der Waals surface area contributed by atoms with Gasteiger partial charge in [0.15, 0.2) is 5.75 Å². The lowest BCUT2D eigenvalue weighted by Gasteiger charge is -2.33. The molecule has 0 radical (unpaired) electrons. The van der Waals surface area contributed by atoms with Crippen LogP contribution < -0.4 is 10.5 Å². The third kappa shape index (κ3) is 4.49. The van der Waals surface area contributed by atoms with E-state index in [1.54, 1.807) is 11.3 Å². The summed E-state index contributed by atoms with van der Waals surface area (Å²) in [5, 5.41) is 13.0. The minimum Gasteiger partial charge on any atom is -0.408 e. The second-order valence-electron chi connectivity index (χ2n) is 7.42. The molecule has 4 rings (SSSR count). The molecular weight excluding hydrogens is 402 g/mol. The smallest absolute Gasteiger partial charge is 0.408 e. The van der Waals surface area contributed by atoms with Crippen molar-refractivity contribution in [3.8, 4) is 16.3 Å². The van der Waals surface area contributed by atoms with Gasteiger partial charge in [0.25, 0.3) is 0 Å². The maximum Gasteiger partial charge on any atom is 0.410 e. The molecule has 1 saturated heterocycles. The average Bonchev–Trinajstić information content (AvgIpc) is 3.34. The Morgan fingerprint density at radius 1 is 1.27 bits per heavy atom. The van der Waals surface area contributed by atoms with Crippen LogP contribution in [0.1, 0.15) is 12.6 Å². The van der Waals surface area contributed by atoms with Gasteiger partial charge >= 0.3 is 6.09 Å². The molecular formula is C21H27N5O3S. The molecule has 3 aromatic rings. The van der Waals surface area contributed by atoms with Crippen LogP contribution in [0.4, 0.5) is 4.79 Å². The molecule has 0 unspecified atom stereocenters. The average molecular weight is 430 g/mol. The molecule has 160 valence electrons. The first kappa shape index (κ1) is 20.8. The number of aromatic nitrogens is 2. The highest BCUT2D eigenvalue weighted by atomic mass is 32.1. The third-order valence-corrected chi connectivity index (χ3v) is 6.40. The van der Waals surface area contributed by atoms with Crippen LogP contribution in [0.3, 0.4) is 0 Å². The highest BCUT2D eigenvalue weighted by Crippen LogP contribution is 2.33. The summed E-state index contributed by atoms with van der Waals surface area (Å²) in [5.41, 5.74) is 8.28. The largest absolute Gasteiger partial charge is 0.410 e. The number of rotatable bonds is 7. The van der Waals surface area contributed by atoms with Crippen molar-refractivity contribution in [2.45, 2.75) is 20.0 Å². The quantitative estimate of drug-likeness (QED) is 0.598. The lowest BCUT2D eigenvalue weighted by atomic mass is 10.1. The van der Waals surface area contributed by atoms with Crippen molar-refractivity contribution in [3.63, 3.8) is 0 Å². The Morgan fingerprint density at radius 3 is 2.73 bits per heavy atom. The number of β-amino-alcohol motifs (C(OH)–C–C–N with tert-alkyl or cyclic N) is 1. The zero-order valence-corrected chi connectivity index (χ0v) is 17.9. The Bertz CT molecular complexity index is 1020. The number of carbonyl (C=O) groups is 1. The number of carbonyl (C=O) groups excluding carboxylic acids is 1. The van der Waals surface area contributed by atoms with E-state index < -0.39 is 6.09 Å². The van der Waals surface area contributed by atoms with E-state index in [9.17, 15) is 4.79 Å². The molecule has 3 N–H and O–H groups in total. The second-order valence-corrected chi connectivity index (χ2v) is 8.28. The van der Waals surface area contributed by atoms with Crippen LogP contribution in [-0.4, -0.2) is 69.9 Å². The number of piperazine rings is 1. The summed E-state index contributed by atoms with van der Waals surface area (Å²) in [4.78, 5) is 20.8. The van der Waals surface area contributed by atoms with Gasteiger partial charge in [-0.15, -0.1) is 11.3 Å². The first-order valence-corrected chi connectivity index (χ1v) is 11.1. The molecule has 3 heterocycles. The number of aliphatic hydroxyl groups is 1. The number of hydrogen-bond donors (Lipinski definition) is 2. The Morgan fingerprint density at radius 2 is 2.03 bits per heavy atom. The monoisotopic (exact) mass is 429 g/mol. The summed E-state index contributed by atoms with van der Waals surface area (Å²) in [5.74, 6) is 0.471. The van der Waals surface area contributed by atoms with E-state index in [1.165, 1.54) is 0 Å². The van der Waals surface area contributed by atoms with Crippen molar-refractivity contribution in [2.24, 2.45) is 5.73 Å². The normalized spacial score (nSPS) is 15.7. The Balaban J connectivity index is 1.51. The van der Waals surface area contributed by atoms with Crippen molar-refractivity contribution >= 4 is 28.3 Å². The van der Waals surface area contributed by atoms with Crippen LogP contribution in [0.15, 0.2) is 29.8 Å². The van der Waals surface area contributed by atoms with Gasteiger partial charge in [-0.1, -0.05) is 0 Å². The van der Waals surface area contributed by atoms with Gasteiger partial charge in [0.05, 0.1) is 17.8 Å². The van der Waals surface area contributed by atoms with Crippen LogP contribution in [0.5, 0.6) is 5.75 Å². The summed E-state index contributed by atoms with van der Waals surface area (Å²) < 4.78 is 7.24. The van der Waals surface area contributed by atoms with Crippen molar-refractivity contribution in [3.05, 3.63) is 35.5 Å². The molecule has 0 atom stereocenters. The Kier molecular flexibility index (Phi) is 6.33. The zero-order valence-electron chi connectivity index (χ0n) is 17.1. The van der Waals surface area contributed by atoms with Crippen molar-refractivity contribution in [2.75, 3.05) is 39.3 Å². The van der Waals surface area contributed by atoms with E-state index in [0.29, 0.717) is 5.75 Å². The number of primary amides is 1. The number of aryl methyl sites for hydroxylation is 1. The highest BCUT2D eigenvalue weighted by Gasteiger charge is 2.18. The molecule has 30 heavy (non-hydrogen) atoms. The minimum atomic E-state index is -0.814. The molecule has 0 saturated carbocycles. The van der Waals surface area contributed by atoms with Crippen molar-refractivity contribution in [1.29, 1.82) is 0 Å². The van der Waals surface area contributed by atoms with Gasteiger partial charge < -0.3 is 20.1 Å². The SMILES string of the molecule is CCn1cc(OC(N)=O)c2cc(-c3nc(CN4CCN(CCO)CC4)cs3)ccc21. The van der Waals surface area contributed by atoms with Gasteiger partial charge in [-0.25, -0.2) is 9.78 Å². The molecule has 1 aromatic carbocycles. The summed E-state index contributed by atoms with van der Waals surface area (Å²) >= 11 is 1.62. The van der Waals surface area contributed by atoms with Crippen molar-refractivity contribution < 1.29 is 14.6 Å². The van der Waals surface area contributed by atoms with Gasteiger partial charge in [0.1, 0.15) is 5.01 Å². The van der Waals surface area contributed by atoms with E-state index in [-0.39, 0.29) is 6.61 Å². The third-order valence-electron chi connectivity index (χ3n) is 5.46. The van der Waals surface area contributed by atoms with E-state index in [4.69, 9.17) is 20.6 Å². The molecule has 8 nitrogen and oxygen atoms in total. The molecule has 0 bridgehead atoms. The van der Waals surface area contributed by atoms with Crippen LogP contribution in [0.2, 0.25) is 0 Å².